The SMILES string of the molecule is N#CCc1ccc(S(=O)(=O)NCc2cccnn2)cc1. The third kappa shape index (κ3) is 3.60. The number of rotatable bonds is 5. The van der Waals surface area contributed by atoms with Crippen LogP contribution in [0.15, 0.2) is 47.5 Å². The van der Waals surface area contributed by atoms with E-state index in [1.807, 2.05) is 6.07 Å². The van der Waals surface area contributed by atoms with Crippen LogP contribution >= 0.6 is 0 Å². The van der Waals surface area contributed by atoms with Crippen molar-refractivity contribution in [2.45, 2.75) is 17.9 Å². The van der Waals surface area contributed by atoms with Gasteiger partial charge in [0.15, 0.2) is 0 Å². The molecule has 2 rings (SSSR count). The van der Waals surface area contributed by atoms with Gasteiger partial charge in [0.2, 0.25) is 10.0 Å². The maximum absolute atomic E-state index is 12.1. The fourth-order valence-electron chi connectivity index (χ4n) is 1.56. The molecule has 0 aliphatic carbocycles. The fraction of sp³-hybridized carbons (Fsp3) is 0.154. The van der Waals surface area contributed by atoms with Crippen LogP contribution in [0.1, 0.15) is 11.3 Å². The molecule has 0 bridgehead atoms. The molecule has 6 nitrogen and oxygen atoms in total. The fourth-order valence-corrected chi connectivity index (χ4v) is 2.56. The van der Waals surface area contributed by atoms with Gasteiger partial charge in [-0.15, -0.1) is 0 Å². The zero-order valence-corrected chi connectivity index (χ0v) is 11.3. The molecular weight excluding hydrogens is 276 g/mol. The molecule has 7 heteroatoms. The van der Waals surface area contributed by atoms with Gasteiger partial charge in [-0.2, -0.15) is 15.5 Å². The van der Waals surface area contributed by atoms with Gasteiger partial charge in [0.1, 0.15) is 0 Å². The number of sulfonamides is 1. The largest absolute Gasteiger partial charge is 0.240 e. The highest BCUT2D eigenvalue weighted by Gasteiger charge is 2.13. The molecule has 0 atom stereocenters. The first-order valence-electron chi connectivity index (χ1n) is 5.84. The maximum Gasteiger partial charge on any atom is 0.240 e. The third-order valence-corrected chi connectivity index (χ3v) is 4.00. The summed E-state index contributed by atoms with van der Waals surface area (Å²) < 4.78 is 26.5. The van der Waals surface area contributed by atoms with E-state index in [-0.39, 0.29) is 17.9 Å². The van der Waals surface area contributed by atoms with Crippen molar-refractivity contribution >= 4 is 10.0 Å². The Bertz CT molecular complexity index is 706. The monoisotopic (exact) mass is 288 g/mol. The highest BCUT2D eigenvalue weighted by atomic mass is 32.2. The second kappa shape index (κ2) is 6.23. The van der Waals surface area contributed by atoms with Crippen molar-refractivity contribution in [3.05, 3.63) is 53.9 Å². The van der Waals surface area contributed by atoms with Crippen LogP contribution in [-0.2, 0) is 23.0 Å². The van der Waals surface area contributed by atoms with Crippen LogP contribution < -0.4 is 4.72 Å². The Morgan fingerprint density at radius 3 is 2.55 bits per heavy atom. The molecule has 0 aliphatic rings. The van der Waals surface area contributed by atoms with Gasteiger partial charge in [0, 0.05) is 6.20 Å². The highest BCUT2D eigenvalue weighted by molar-refractivity contribution is 7.89. The van der Waals surface area contributed by atoms with E-state index in [0.29, 0.717) is 5.69 Å². The lowest BCUT2D eigenvalue weighted by Gasteiger charge is -2.06. The van der Waals surface area contributed by atoms with Crippen LogP contribution in [0.5, 0.6) is 0 Å². The molecule has 0 amide bonds. The topological polar surface area (TPSA) is 95.7 Å². The number of aromatic nitrogens is 2. The van der Waals surface area contributed by atoms with Crippen LogP contribution in [0.2, 0.25) is 0 Å². The van der Waals surface area contributed by atoms with Crippen molar-refractivity contribution in [1.82, 2.24) is 14.9 Å². The Morgan fingerprint density at radius 2 is 1.95 bits per heavy atom. The van der Waals surface area contributed by atoms with E-state index in [1.54, 1.807) is 24.3 Å². The zero-order chi connectivity index (χ0) is 14.4. The minimum Gasteiger partial charge on any atom is -0.207 e. The molecule has 2 aromatic rings. The third-order valence-electron chi connectivity index (χ3n) is 2.59. The van der Waals surface area contributed by atoms with E-state index in [2.05, 4.69) is 14.9 Å². The predicted octanol–water partition coefficient (Wildman–Crippen LogP) is 1.02. The molecule has 0 saturated carbocycles. The molecule has 0 radical (unpaired) electrons. The summed E-state index contributed by atoms with van der Waals surface area (Å²) in [7, 11) is -3.59. The summed E-state index contributed by atoms with van der Waals surface area (Å²) in [5, 5.41) is 16.0. The quantitative estimate of drug-likeness (QED) is 0.886. The molecule has 0 unspecified atom stereocenters. The van der Waals surface area contributed by atoms with Gasteiger partial charge < -0.3 is 0 Å². The van der Waals surface area contributed by atoms with Gasteiger partial charge in [0.05, 0.1) is 29.6 Å². The summed E-state index contributed by atoms with van der Waals surface area (Å²) in [4.78, 5) is 0.156. The summed E-state index contributed by atoms with van der Waals surface area (Å²) in [5.41, 5.74) is 1.32. The number of nitriles is 1. The van der Waals surface area contributed by atoms with E-state index < -0.39 is 10.0 Å². The van der Waals surface area contributed by atoms with Crippen LogP contribution in [0.3, 0.4) is 0 Å². The Hall–Kier alpha value is -2.30. The summed E-state index contributed by atoms with van der Waals surface area (Å²) in [6, 6.07) is 11.6. The molecule has 0 spiro atoms. The smallest absolute Gasteiger partial charge is 0.207 e. The zero-order valence-electron chi connectivity index (χ0n) is 10.5. The van der Waals surface area contributed by atoms with Gasteiger partial charge in [-0.1, -0.05) is 12.1 Å². The van der Waals surface area contributed by atoms with Crippen molar-refractivity contribution in [3.8, 4) is 6.07 Å². The molecule has 20 heavy (non-hydrogen) atoms. The number of hydrogen-bond donors (Lipinski definition) is 1. The second-order valence-corrected chi connectivity index (χ2v) is 5.79. The molecule has 0 saturated heterocycles. The lowest BCUT2D eigenvalue weighted by Crippen LogP contribution is -2.23. The molecule has 1 aromatic heterocycles. The minimum atomic E-state index is -3.59. The van der Waals surface area contributed by atoms with Crippen LogP contribution in [0.25, 0.3) is 0 Å². The minimum absolute atomic E-state index is 0.0795. The van der Waals surface area contributed by atoms with Crippen molar-refractivity contribution in [1.29, 1.82) is 5.26 Å². The van der Waals surface area contributed by atoms with Gasteiger partial charge >= 0.3 is 0 Å². The Balaban J connectivity index is 2.08. The average molecular weight is 288 g/mol. The first kappa shape index (κ1) is 14.1. The van der Waals surface area contributed by atoms with E-state index in [9.17, 15) is 8.42 Å². The number of nitrogens with zero attached hydrogens (tertiary/aromatic N) is 3. The molecule has 1 N–H and O–H groups in total. The first-order valence-corrected chi connectivity index (χ1v) is 7.32. The first-order chi connectivity index (χ1) is 9.62. The Morgan fingerprint density at radius 1 is 1.20 bits per heavy atom. The normalized spacial score (nSPS) is 10.9. The summed E-state index contributed by atoms with van der Waals surface area (Å²) in [5.74, 6) is 0. The van der Waals surface area contributed by atoms with Gasteiger partial charge in [0.25, 0.3) is 0 Å². The number of benzene rings is 1. The molecule has 0 aliphatic heterocycles. The molecule has 0 fully saturated rings. The van der Waals surface area contributed by atoms with E-state index in [4.69, 9.17) is 5.26 Å². The van der Waals surface area contributed by atoms with E-state index in [1.165, 1.54) is 18.3 Å². The standard InChI is InChI=1S/C13H12N4O2S/c14-8-7-11-3-5-13(6-4-11)20(18,19)16-10-12-2-1-9-15-17-12/h1-6,9,16H,7,10H2. The number of nitrogens with one attached hydrogen (secondary N) is 1. The van der Waals surface area contributed by atoms with Crippen molar-refractivity contribution in [2.24, 2.45) is 0 Å². The lowest BCUT2D eigenvalue weighted by molar-refractivity contribution is 0.580. The van der Waals surface area contributed by atoms with E-state index >= 15 is 0 Å². The van der Waals surface area contributed by atoms with Gasteiger partial charge in [-0.3, -0.25) is 0 Å². The predicted molar refractivity (Wildman–Crippen MR) is 71.8 cm³/mol. The van der Waals surface area contributed by atoms with Crippen molar-refractivity contribution in [2.75, 3.05) is 0 Å². The Labute approximate surface area is 117 Å². The van der Waals surface area contributed by atoms with Gasteiger partial charge in [-0.25, -0.2) is 13.1 Å². The van der Waals surface area contributed by atoms with Crippen LogP contribution in [0.4, 0.5) is 0 Å². The van der Waals surface area contributed by atoms with Crippen LogP contribution in [0, 0.1) is 11.3 Å². The maximum atomic E-state index is 12.1. The molecular formula is C13H12N4O2S. The summed E-state index contributed by atoms with van der Waals surface area (Å²) in [6.07, 6.45) is 1.78. The molecule has 1 aromatic carbocycles. The number of hydrogen-bond acceptors (Lipinski definition) is 5. The van der Waals surface area contributed by atoms with Crippen molar-refractivity contribution in [3.63, 3.8) is 0 Å². The Kier molecular flexibility index (Phi) is 4.40. The average Bonchev–Trinajstić information content (AvgIpc) is 2.47. The highest BCUT2D eigenvalue weighted by Crippen LogP contribution is 2.11. The lowest BCUT2D eigenvalue weighted by atomic mass is 10.2. The molecule has 1 heterocycles. The second-order valence-electron chi connectivity index (χ2n) is 4.02. The van der Waals surface area contributed by atoms with Gasteiger partial charge in [-0.05, 0) is 29.8 Å². The van der Waals surface area contributed by atoms with Crippen molar-refractivity contribution < 1.29 is 8.42 Å². The molecule has 102 valence electrons. The van der Waals surface area contributed by atoms with Crippen LogP contribution in [-0.4, -0.2) is 18.6 Å². The summed E-state index contributed by atoms with van der Waals surface area (Å²) >= 11 is 0. The van der Waals surface area contributed by atoms with E-state index in [0.717, 1.165) is 5.56 Å². The summed E-state index contributed by atoms with van der Waals surface area (Å²) in [6.45, 7) is 0.0795.